The van der Waals surface area contributed by atoms with Gasteiger partial charge in [-0.1, -0.05) is 30.3 Å². The molecule has 0 aliphatic heterocycles. The van der Waals surface area contributed by atoms with Gasteiger partial charge >= 0.3 is 0 Å². The Hall–Kier alpha value is -1.94. The first-order valence-electron chi connectivity index (χ1n) is 5.43. The molecular weight excluding hydrogens is 214 g/mol. The van der Waals surface area contributed by atoms with Crippen LogP contribution in [-0.4, -0.2) is 10.2 Å². The summed E-state index contributed by atoms with van der Waals surface area (Å²) in [4.78, 5) is 11.7. The Morgan fingerprint density at radius 2 is 1.88 bits per heavy atom. The number of aromatic amines is 1. The summed E-state index contributed by atoms with van der Waals surface area (Å²) in [5, 5.41) is 6.52. The van der Waals surface area contributed by atoms with Crippen molar-refractivity contribution in [3.8, 4) is 11.3 Å². The van der Waals surface area contributed by atoms with E-state index in [0.29, 0.717) is 5.56 Å². The summed E-state index contributed by atoms with van der Waals surface area (Å²) in [5.41, 5.74) is 7.25. The summed E-state index contributed by atoms with van der Waals surface area (Å²) < 4.78 is 0. The normalized spacial score (nSPS) is 11.5. The minimum Gasteiger partial charge on any atom is -0.322 e. The van der Waals surface area contributed by atoms with E-state index in [-0.39, 0.29) is 5.56 Å². The van der Waals surface area contributed by atoms with Gasteiger partial charge in [0.15, 0.2) is 0 Å². The molecule has 0 bridgehead atoms. The first-order chi connectivity index (χ1) is 7.98. The average Bonchev–Trinajstić information content (AvgIpc) is 2.29. The highest BCUT2D eigenvalue weighted by atomic mass is 16.1. The molecule has 2 rings (SSSR count). The Morgan fingerprint density at radius 1 is 1.24 bits per heavy atom. The second-order valence-electron chi connectivity index (χ2n) is 4.58. The Kier molecular flexibility index (Phi) is 2.81. The zero-order valence-electron chi connectivity index (χ0n) is 9.90. The van der Waals surface area contributed by atoms with E-state index in [1.54, 1.807) is 19.9 Å². The number of H-pyrrole nitrogens is 1. The smallest absolute Gasteiger partial charge is 0.269 e. The van der Waals surface area contributed by atoms with E-state index >= 15 is 0 Å². The summed E-state index contributed by atoms with van der Waals surface area (Å²) in [7, 11) is 0. The van der Waals surface area contributed by atoms with Gasteiger partial charge in [-0.05, 0) is 19.9 Å². The molecule has 0 fully saturated rings. The van der Waals surface area contributed by atoms with Crippen LogP contribution < -0.4 is 11.3 Å². The van der Waals surface area contributed by atoms with Gasteiger partial charge in [0.05, 0.1) is 5.69 Å². The predicted octanol–water partition coefficient (Wildman–Crippen LogP) is 1.63. The average molecular weight is 229 g/mol. The lowest BCUT2D eigenvalue weighted by molar-refractivity contribution is 0.544. The van der Waals surface area contributed by atoms with Gasteiger partial charge < -0.3 is 5.73 Å². The SMILES string of the molecule is CC(C)(N)c1cc(-c2ccccc2)n[nH]c1=O. The third kappa shape index (κ3) is 2.42. The van der Waals surface area contributed by atoms with Crippen molar-refractivity contribution in [2.45, 2.75) is 19.4 Å². The van der Waals surface area contributed by atoms with E-state index in [2.05, 4.69) is 10.2 Å². The highest BCUT2D eigenvalue weighted by Crippen LogP contribution is 2.19. The summed E-state index contributed by atoms with van der Waals surface area (Å²) >= 11 is 0. The van der Waals surface area contributed by atoms with Crippen LogP contribution in [0.5, 0.6) is 0 Å². The van der Waals surface area contributed by atoms with Crippen molar-refractivity contribution in [2.24, 2.45) is 5.73 Å². The number of nitrogens with one attached hydrogen (secondary N) is 1. The number of hydrogen-bond acceptors (Lipinski definition) is 3. The van der Waals surface area contributed by atoms with Crippen LogP contribution in [-0.2, 0) is 5.54 Å². The standard InChI is InChI=1S/C13H15N3O/c1-13(2,14)10-8-11(15-16-12(10)17)9-6-4-3-5-7-9/h3-8H,14H2,1-2H3,(H,16,17). The van der Waals surface area contributed by atoms with Crippen molar-refractivity contribution >= 4 is 0 Å². The molecule has 4 heteroatoms. The molecular formula is C13H15N3O. The molecule has 1 heterocycles. The number of benzene rings is 1. The number of hydrogen-bond donors (Lipinski definition) is 2. The number of aromatic nitrogens is 2. The zero-order valence-corrected chi connectivity index (χ0v) is 9.90. The molecule has 1 aromatic heterocycles. The number of nitrogens with two attached hydrogens (primary N) is 1. The summed E-state index contributed by atoms with van der Waals surface area (Å²) in [6.07, 6.45) is 0. The van der Waals surface area contributed by atoms with Crippen LogP contribution in [0.1, 0.15) is 19.4 Å². The molecule has 3 N–H and O–H groups in total. The fourth-order valence-electron chi connectivity index (χ4n) is 1.64. The maximum Gasteiger partial charge on any atom is 0.269 e. The first-order valence-corrected chi connectivity index (χ1v) is 5.43. The van der Waals surface area contributed by atoms with Crippen LogP contribution in [0.4, 0.5) is 0 Å². The number of rotatable bonds is 2. The van der Waals surface area contributed by atoms with Crippen LogP contribution in [0.2, 0.25) is 0 Å². The van der Waals surface area contributed by atoms with E-state index in [4.69, 9.17) is 5.73 Å². The summed E-state index contributed by atoms with van der Waals surface area (Å²) in [5.74, 6) is 0. The van der Waals surface area contributed by atoms with Gasteiger partial charge in [0, 0.05) is 16.7 Å². The topological polar surface area (TPSA) is 71.8 Å². The molecule has 0 amide bonds. The number of nitrogens with zero attached hydrogens (tertiary/aromatic N) is 1. The van der Waals surface area contributed by atoms with Gasteiger partial charge in [-0.15, -0.1) is 0 Å². The zero-order chi connectivity index (χ0) is 12.5. The van der Waals surface area contributed by atoms with Gasteiger partial charge in [0.1, 0.15) is 0 Å². The third-order valence-electron chi connectivity index (χ3n) is 2.57. The van der Waals surface area contributed by atoms with Gasteiger partial charge in [0.25, 0.3) is 5.56 Å². The molecule has 0 atom stereocenters. The Morgan fingerprint density at radius 3 is 2.47 bits per heavy atom. The van der Waals surface area contributed by atoms with Crippen LogP contribution in [0, 0.1) is 0 Å². The van der Waals surface area contributed by atoms with Crippen molar-refractivity contribution in [1.82, 2.24) is 10.2 Å². The maximum absolute atomic E-state index is 11.7. The lowest BCUT2D eigenvalue weighted by Crippen LogP contribution is -2.35. The second kappa shape index (κ2) is 4.14. The van der Waals surface area contributed by atoms with Gasteiger partial charge in [-0.2, -0.15) is 5.10 Å². The second-order valence-corrected chi connectivity index (χ2v) is 4.58. The summed E-state index contributed by atoms with van der Waals surface area (Å²) in [6.45, 7) is 3.60. The van der Waals surface area contributed by atoms with Crippen molar-refractivity contribution in [2.75, 3.05) is 0 Å². The van der Waals surface area contributed by atoms with Gasteiger partial charge in [-0.25, -0.2) is 5.10 Å². The highest BCUT2D eigenvalue weighted by molar-refractivity contribution is 5.59. The Labute approximate surface area is 99.5 Å². The lowest BCUT2D eigenvalue weighted by Gasteiger charge is -2.18. The van der Waals surface area contributed by atoms with Gasteiger partial charge in [-0.3, -0.25) is 4.79 Å². The molecule has 4 nitrogen and oxygen atoms in total. The highest BCUT2D eigenvalue weighted by Gasteiger charge is 2.19. The van der Waals surface area contributed by atoms with Crippen molar-refractivity contribution in [3.63, 3.8) is 0 Å². The molecule has 0 aliphatic carbocycles. The van der Waals surface area contributed by atoms with E-state index in [1.165, 1.54) is 0 Å². The van der Waals surface area contributed by atoms with Crippen molar-refractivity contribution in [1.29, 1.82) is 0 Å². The lowest BCUT2D eigenvalue weighted by atomic mass is 9.96. The Balaban J connectivity index is 2.57. The molecule has 0 radical (unpaired) electrons. The van der Waals surface area contributed by atoms with Crippen LogP contribution >= 0.6 is 0 Å². The minimum absolute atomic E-state index is 0.239. The first kappa shape index (κ1) is 11.5. The molecule has 0 spiro atoms. The molecule has 0 saturated carbocycles. The molecule has 88 valence electrons. The molecule has 1 aromatic carbocycles. The maximum atomic E-state index is 11.7. The van der Waals surface area contributed by atoms with E-state index in [9.17, 15) is 4.79 Å². The van der Waals surface area contributed by atoms with Crippen LogP contribution in [0.15, 0.2) is 41.2 Å². The van der Waals surface area contributed by atoms with E-state index in [1.807, 2.05) is 30.3 Å². The predicted molar refractivity (Wildman–Crippen MR) is 67.5 cm³/mol. The van der Waals surface area contributed by atoms with Crippen LogP contribution in [0.25, 0.3) is 11.3 Å². The largest absolute Gasteiger partial charge is 0.322 e. The van der Waals surface area contributed by atoms with E-state index in [0.717, 1.165) is 11.3 Å². The molecule has 0 saturated heterocycles. The van der Waals surface area contributed by atoms with Crippen molar-refractivity contribution in [3.05, 3.63) is 52.3 Å². The quantitative estimate of drug-likeness (QED) is 0.822. The molecule has 17 heavy (non-hydrogen) atoms. The molecule has 0 aliphatic rings. The fourth-order valence-corrected chi connectivity index (χ4v) is 1.64. The molecule has 0 unspecified atom stereocenters. The van der Waals surface area contributed by atoms with Gasteiger partial charge in [0.2, 0.25) is 0 Å². The van der Waals surface area contributed by atoms with Crippen LogP contribution in [0.3, 0.4) is 0 Å². The third-order valence-corrected chi connectivity index (χ3v) is 2.57. The Bertz CT molecular complexity index is 567. The summed E-state index contributed by atoms with van der Waals surface area (Å²) in [6, 6.07) is 11.4. The molecule has 2 aromatic rings. The minimum atomic E-state index is -0.681. The fraction of sp³-hybridized carbons (Fsp3) is 0.231. The van der Waals surface area contributed by atoms with E-state index < -0.39 is 5.54 Å². The monoisotopic (exact) mass is 229 g/mol. The van der Waals surface area contributed by atoms with Crippen molar-refractivity contribution < 1.29 is 0 Å².